The molecule has 1 heterocycles. The Labute approximate surface area is 146 Å². The number of hydrogen-bond donors (Lipinski definition) is 2. The summed E-state index contributed by atoms with van der Waals surface area (Å²) in [6, 6.07) is 15.3. The van der Waals surface area contributed by atoms with E-state index in [1.165, 1.54) is 0 Å². The van der Waals surface area contributed by atoms with Crippen LogP contribution in [0, 0.1) is 4.64 Å². The van der Waals surface area contributed by atoms with Crippen LogP contribution in [0.2, 0.25) is 0 Å². The van der Waals surface area contributed by atoms with Crippen LogP contribution in [0.25, 0.3) is 10.9 Å². The van der Waals surface area contributed by atoms with Crippen LogP contribution in [0.3, 0.4) is 0 Å². The summed E-state index contributed by atoms with van der Waals surface area (Å²) in [7, 11) is 1.62. The molecule has 0 radical (unpaired) electrons. The Morgan fingerprint density at radius 2 is 1.88 bits per heavy atom. The van der Waals surface area contributed by atoms with E-state index in [4.69, 9.17) is 17.0 Å². The van der Waals surface area contributed by atoms with E-state index in [-0.39, 0.29) is 5.92 Å². The minimum absolute atomic E-state index is 0.162. The molecule has 0 amide bonds. The lowest BCUT2D eigenvalue weighted by Crippen LogP contribution is -2.14. The van der Waals surface area contributed by atoms with Gasteiger partial charge >= 0.3 is 0 Å². The van der Waals surface area contributed by atoms with Crippen molar-refractivity contribution >= 4 is 23.1 Å². The minimum Gasteiger partial charge on any atom is -0.497 e. The van der Waals surface area contributed by atoms with E-state index in [9.17, 15) is 5.11 Å². The van der Waals surface area contributed by atoms with E-state index in [1.54, 1.807) is 7.11 Å². The van der Waals surface area contributed by atoms with Crippen molar-refractivity contribution in [1.29, 1.82) is 0 Å². The first-order valence-electron chi connectivity index (χ1n) is 7.95. The number of para-hydroxylation sites is 1. The second-order valence-corrected chi connectivity index (χ2v) is 6.09. The van der Waals surface area contributed by atoms with E-state index in [0.29, 0.717) is 10.5 Å². The first-order chi connectivity index (χ1) is 11.6. The molecule has 0 fully saturated rings. The van der Waals surface area contributed by atoms with Crippen molar-refractivity contribution in [3.63, 3.8) is 0 Å². The Bertz CT molecular complexity index is 890. The molecular weight excluding hydrogens is 320 g/mol. The number of nitrogens with one attached hydrogen (secondary N) is 1. The van der Waals surface area contributed by atoms with Crippen LogP contribution >= 0.6 is 12.2 Å². The van der Waals surface area contributed by atoms with Gasteiger partial charge in [-0.1, -0.05) is 43.4 Å². The van der Waals surface area contributed by atoms with Crippen LogP contribution in [-0.2, 0) is 0 Å². The molecular formula is C19H20N2O2S. The molecule has 0 spiro atoms. The average Bonchev–Trinajstić information content (AvgIpc) is 2.62. The fourth-order valence-electron chi connectivity index (χ4n) is 2.89. The van der Waals surface area contributed by atoms with Gasteiger partial charge in [0.05, 0.1) is 13.2 Å². The highest BCUT2D eigenvalue weighted by Gasteiger charge is 2.23. The van der Waals surface area contributed by atoms with Crippen LogP contribution in [0.15, 0.2) is 48.5 Å². The number of nitrogens with zero attached hydrogens (tertiary/aromatic N) is 1. The molecule has 2 atom stereocenters. The molecule has 0 aliphatic carbocycles. The molecule has 0 saturated carbocycles. The summed E-state index contributed by atoms with van der Waals surface area (Å²) in [6.07, 6.45) is 0.0734. The Balaban J connectivity index is 1.99. The summed E-state index contributed by atoms with van der Waals surface area (Å²) in [5.41, 5.74) is 1.77. The minimum atomic E-state index is -0.666. The molecule has 124 valence electrons. The lowest BCUT2D eigenvalue weighted by Gasteiger charge is -2.22. The molecule has 5 heteroatoms. The van der Waals surface area contributed by atoms with Crippen LogP contribution in [0.5, 0.6) is 5.75 Å². The van der Waals surface area contributed by atoms with Gasteiger partial charge in [-0.25, -0.2) is 4.98 Å². The zero-order valence-electron chi connectivity index (χ0n) is 13.7. The summed E-state index contributed by atoms with van der Waals surface area (Å²) in [5.74, 6) is 1.32. The molecule has 0 aliphatic rings. The van der Waals surface area contributed by atoms with Gasteiger partial charge in [0, 0.05) is 16.8 Å². The van der Waals surface area contributed by atoms with Gasteiger partial charge in [0.15, 0.2) is 0 Å². The van der Waals surface area contributed by atoms with E-state index in [0.717, 1.165) is 28.6 Å². The van der Waals surface area contributed by atoms with Gasteiger partial charge in [0.2, 0.25) is 0 Å². The topological polar surface area (TPSA) is 58.1 Å². The third-order valence-electron chi connectivity index (χ3n) is 4.27. The third kappa shape index (κ3) is 3.18. The highest BCUT2D eigenvalue weighted by atomic mass is 32.1. The molecule has 0 aliphatic heterocycles. The van der Waals surface area contributed by atoms with E-state index >= 15 is 0 Å². The highest BCUT2D eigenvalue weighted by Crippen LogP contribution is 2.33. The lowest BCUT2D eigenvalue weighted by molar-refractivity contribution is 0.139. The Hall–Kier alpha value is -2.24. The standard InChI is InChI=1S/C19H20N2O2S/c1-3-14(17(22)12-8-10-13(23-2)11-9-12)18-20-16-7-5-4-6-15(16)19(24)21-18/h4-11,14,17,22H,3H2,1-2H3,(H,20,21,24). The van der Waals surface area contributed by atoms with Crippen LogP contribution in [0.4, 0.5) is 0 Å². The van der Waals surface area contributed by atoms with Crippen molar-refractivity contribution in [3.05, 3.63) is 64.6 Å². The maximum Gasteiger partial charge on any atom is 0.137 e. The third-order valence-corrected chi connectivity index (χ3v) is 4.58. The normalized spacial score (nSPS) is 13.6. The van der Waals surface area contributed by atoms with Crippen LogP contribution in [-0.4, -0.2) is 22.2 Å². The summed E-state index contributed by atoms with van der Waals surface area (Å²) in [5, 5.41) is 11.7. The number of ether oxygens (including phenoxy) is 1. The van der Waals surface area contributed by atoms with Crippen molar-refractivity contribution in [1.82, 2.24) is 9.97 Å². The predicted molar refractivity (Wildman–Crippen MR) is 97.9 cm³/mol. The second kappa shape index (κ2) is 7.11. The van der Waals surface area contributed by atoms with Gasteiger partial charge in [-0.15, -0.1) is 0 Å². The largest absolute Gasteiger partial charge is 0.497 e. The molecule has 3 rings (SSSR count). The molecule has 1 aromatic heterocycles. The molecule has 3 aromatic rings. The maximum atomic E-state index is 10.8. The maximum absolute atomic E-state index is 10.8. The lowest BCUT2D eigenvalue weighted by atomic mass is 9.92. The van der Waals surface area contributed by atoms with Crippen molar-refractivity contribution in [2.45, 2.75) is 25.4 Å². The van der Waals surface area contributed by atoms with Crippen LogP contribution in [0.1, 0.15) is 36.8 Å². The number of hydrogen-bond acceptors (Lipinski definition) is 4. The summed E-state index contributed by atoms with van der Waals surface area (Å²) in [4.78, 5) is 7.86. The SMILES string of the molecule is CCC(c1nc(=S)c2ccccc2[nH]1)C(O)c1ccc(OC)cc1. The zero-order valence-corrected chi connectivity index (χ0v) is 14.5. The number of methoxy groups -OCH3 is 1. The number of rotatable bonds is 5. The highest BCUT2D eigenvalue weighted by molar-refractivity contribution is 7.71. The number of aromatic amines is 1. The molecule has 4 nitrogen and oxygen atoms in total. The number of H-pyrrole nitrogens is 1. The van der Waals surface area contributed by atoms with Crippen molar-refractivity contribution in [3.8, 4) is 5.75 Å². The number of fused-ring (bicyclic) bond motifs is 1. The van der Waals surface area contributed by atoms with Gasteiger partial charge < -0.3 is 14.8 Å². The molecule has 0 saturated heterocycles. The number of aliphatic hydroxyl groups excluding tert-OH is 1. The molecule has 2 aromatic carbocycles. The smallest absolute Gasteiger partial charge is 0.137 e. The van der Waals surface area contributed by atoms with E-state index in [2.05, 4.69) is 9.97 Å². The summed E-state index contributed by atoms with van der Waals surface area (Å²) < 4.78 is 5.73. The van der Waals surface area contributed by atoms with E-state index < -0.39 is 6.10 Å². The van der Waals surface area contributed by atoms with Crippen molar-refractivity contribution < 1.29 is 9.84 Å². The zero-order chi connectivity index (χ0) is 17.1. The monoisotopic (exact) mass is 340 g/mol. The Morgan fingerprint density at radius 1 is 1.17 bits per heavy atom. The average molecular weight is 340 g/mol. The van der Waals surface area contributed by atoms with Gasteiger partial charge in [-0.2, -0.15) is 0 Å². The first kappa shape index (κ1) is 16.6. The fraction of sp³-hybridized carbons (Fsp3) is 0.263. The fourth-order valence-corrected chi connectivity index (χ4v) is 3.17. The quantitative estimate of drug-likeness (QED) is 0.670. The van der Waals surface area contributed by atoms with Crippen molar-refractivity contribution in [2.75, 3.05) is 7.11 Å². The molecule has 0 bridgehead atoms. The Morgan fingerprint density at radius 3 is 2.54 bits per heavy atom. The summed E-state index contributed by atoms with van der Waals surface area (Å²) >= 11 is 5.42. The molecule has 24 heavy (non-hydrogen) atoms. The molecule has 2 unspecified atom stereocenters. The Kier molecular flexibility index (Phi) is 4.92. The number of benzene rings is 2. The van der Waals surface area contributed by atoms with E-state index in [1.807, 2.05) is 55.5 Å². The second-order valence-electron chi connectivity index (χ2n) is 5.71. The van der Waals surface area contributed by atoms with Gasteiger partial charge in [-0.3, -0.25) is 0 Å². The number of aromatic nitrogens is 2. The van der Waals surface area contributed by atoms with Gasteiger partial charge in [-0.05, 0) is 36.2 Å². The predicted octanol–water partition coefficient (Wildman–Crippen LogP) is 4.53. The molecule has 2 N–H and O–H groups in total. The number of aliphatic hydroxyl groups is 1. The van der Waals surface area contributed by atoms with Crippen LogP contribution < -0.4 is 4.74 Å². The first-order valence-corrected chi connectivity index (χ1v) is 8.35. The van der Waals surface area contributed by atoms with Crippen molar-refractivity contribution in [2.24, 2.45) is 0 Å². The summed E-state index contributed by atoms with van der Waals surface area (Å²) in [6.45, 7) is 2.03. The van der Waals surface area contributed by atoms with Gasteiger partial charge in [0.1, 0.15) is 16.2 Å². The van der Waals surface area contributed by atoms with Gasteiger partial charge in [0.25, 0.3) is 0 Å².